The van der Waals surface area contributed by atoms with Crippen molar-refractivity contribution in [2.45, 2.75) is 53.0 Å². The van der Waals surface area contributed by atoms with Crippen LogP contribution in [0.25, 0.3) is 0 Å². The molecule has 1 N–H and O–H groups in total. The van der Waals surface area contributed by atoms with Gasteiger partial charge in [-0.3, -0.25) is 9.10 Å². The van der Waals surface area contributed by atoms with Gasteiger partial charge in [0, 0.05) is 38.3 Å². The number of hydrogen-bond donors (Lipinski definition) is 1. The third-order valence-electron chi connectivity index (χ3n) is 6.11. The van der Waals surface area contributed by atoms with E-state index >= 15 is 0 Å². The molecule has 3 rings (SSSR count). The Balaban J connectivity index is 1.48. The first-order chi connectivity index (χ1) is 15.6. The predicted octanol–water partition coefficient (Wildman–Crippen LogP) is 4.40. The summed E-state index contributed by atoms with van der Waals surface area (Å²) < 4.78 is 26.0. The first kappa shape index (κ1) is 25.1. The molecule has 0 aliphatic carbocycles. The van der Waals surface area contributed by atoms with E-state index in [9.17, 15) is 13.2 Å². The molecule has 6 nitrogen and oxygen atoms in total. The van der Waals surface area contributed by atoms with Gasteiger partial charge in [0.25, 0.3) is 0 Å². The van der Waals surface area contributed by atoms with Crippen molar-refractivity contribution in [1.82, 2.24) is 5.32 Å². The Morgan fingerprint density at radius 2 is 1.79 bits per heavy atom. The molecule has 1 amide bonds. The molecule has 1 aliphatic heterocycles. The van der Waals surface area contributed by atoms with Crippen LogP contribution in [-0.2, 0) is 21.4 Å². The van der Waals surface area contributed by atoms with Crippen molar-refractivity contribution in [1.29, 1.82) is 0 Å². The van der Waals surface area contributed by atoms with E-state index in [0.717, 1.165) is 35.7 Å². The fraction of sp³-hybridized carbons (Fsp3) is 0.500. The van der Waals surface area contributed by atoms with Crippen molar-refractivity contribution in [3.05, 3.63) is 59.2 Å². The molecule has 1 fully saturated rings. The van der Waals surface area contributed by atoms with Gasteiger partial charge in [0.15, 0.2) is 0 Å². The number of sulfonamides is 1. The Morgan fingerprint density at radius 3 is 2.39 bits per heavy atom. The summed E-state index contributed by atoms with van der Waals surface area (Å²) in [6.45, 7) is 9.15. The highest BCUT2D eigenvalue weighted by Gasteiger charge is 2.19. The van der Waals surface area contributed by atoms with Crippen molar-refractivity contribution >= 4 is 27.3 Å². The minimum atomic E-state index is -3.42. The molecule has 0 aromatic heterocycles. The maximum Gasteiger partial charge on any atom is 0.232 e. The number of carbonyl (C=O) groups is 1. The van der Waals surface area contributed by atoms with Crippen LogP contribution >= 0.6 is 0 Å². The molecule has 33 heavy (non-hydrogen) atoms. The van der Waals surface area contributed by atoms with Crippen LogP contribution in [0.1, 0.15) is 49.3 Å². The van der Waals surface area contributed by atoms with Crippen molar-refractivity contribution in [3.8, 4) is 0 Å². The van der Waals surface area contributed by atoms with Crippen molar-refractivity contribution in [3.63, 3.8) is 0 Å². The summed E-state index contributed by atoms with van der Waals surface area (Å²) in [5, 5.41) is 2.95. The highest BCUT2D eigenvalue weighted by atomic mass is 32.2. The Bertz CT molecular complexity index is 1030. The number of carbonyl (C=O) groups excluding carboxylic acids is 1. The number of piperidine rings is 1. The van der Waals surface area contributed by atoms with E-state index in [4.69, 9.17) is 0 Å². The van der Waals surface area contributed by atoms with Gasteiger partial charge in [0.2, 0.25) is 15.9 Å². The molecular formula is C26H37N3O3S. The van der Waals surface area contributed by atoms with Gasteiger partial charge in [-0.1, -0.05) is 25.1 Å². The monoisotopic (exact) mass is 471 g/mol. The molecule has 0 spiro atoms. The second-order valence-corrected chi connectivity index (χ2v) is 11.3. The van der Waals surface area contributed by atoms with Gasteiger partial charge in [-0.05, 0) is 80.0 Å². The lowest BCUT2D eigenvalue weighted by molar-refractivity contribution is -0.121. The Morgan fingerprint density at radius 1 is 1.12 bits per heavy atom. The number of amides is 1. The summed E-state index contributed by atoms with van der Waals surface area (Å²) in [5.74, 6) is 0.657. The van der Waals surface area contributed by atoms with E-state index in [1.165, 1.54) is 29.1 Å². The highest BCUT2D eigenvalue weighted by molar-refractivity contribution is 7.92. The van der Waals surface area contributed by atoms with Gasteiger partial charge in [-0.2, -0.15) is 0 Å². The third kappa shape index (κ3) is 7.49. The van der Waals surface area contributed by atoms with E-state index in [-0.39, 0.29) is 18.9 Å². The molecule has 1 heterocycles. The van der Waals surface area contributed by atoms with Crippen LogP contribution in [0.15, 0.2) is 42.5 Å². The van der Waals surface area contributed by atoms with Crippen molar-refractivity contribution in [2.24, 2.45) is 5.92 Å². The summed E-state index contributed by atoms with van der Waals surface area (Å²) >= 11 is 0. The third-order valence-corrected chi connectivity index (χ3v) is 7.30. The maximum absolute atomic E-state index is 12.4. The lowest BCUT2D eigenvalue weighted by Crippen LogP contribution is -2.34. The topological polar surface area (TPSA) is 69.7 Å². The first-order valence-corrected chi connectivity index (χ1v) is 13.6. The number of hydrogen-bond acceptors (Lipinski definition) is 4. The zero-order valence-corrected chi connectivity index (χ0v) is 21.1. The van der Waals surface area contributed by atoms with Crippen LogP contribution in [0.5, 0.6) is 0 Å². The largest absolute Gasteiger partial charge is 0.371 e. The standard InChI is InChI=1S/C26H37N3O3S/c1-20-7-5-13-28(19-20)24-11-9-23(10-12-24)18-27-26(30)8-6-14-29(33(4,31)32)25-16-21(2)15-22(3)17-25/h9-12,15-17,20H,5-8,13-14,18-19H2,1-4H3,(H,27,30)/t20-/m0/s1. The molecule has 1 saturated heterocycles. The Labute approximate surface area is 199 Å². The molecule has 2 aromatic carbocycles. The number of aryl methyl sites for hydroxylation is 2. The number of nitrogens with one attached hydrogen (secondary N) is 1. The fourth-order valence-electron chi connectivity index (χ4n) is 4.50. The van der Waals surface area contributed by atoms with Gasteiger partial charge in [-0.15, -0.1) is 0 Å². The SMILES string of the molecule is Cc1cc(C)cc(N(CCCC(=O)NCc2ccc(N3CCC[C@H](C)C3)cc2)S(C)(=O)=O)c1. The van der Waals surface area contributed by atoms with Gasteiger partial charge < -0.3 is 10.2 Å². The zero-order valence-electron chi connectivity index (χ0n) is 20.3. The van der Waals surface area contributed by atoms with Gasteiger partial charge in [0.05, 0.1) is 11.9 Å². The summed E-state index contributed by atoms with van der Waals surface area (Å²) in [6, 6.07) is 14.1. The Kier molecular flexibility index (Phi) is 8.40. The number of anilines is 2. The maximum atomic E-state index is 12.4. The quantitative estimate of drug-likeness (QED) is 0.588. The summed E-state index contributed by atoms with van der Waals surface area (Å²) in [6.07, 6.45) is 4.48. The molecule has 1 aliphatic rings. The van der Waals surface area contributed by atoms with Gasteiger partial charge in [-0.25, -0.2) is 8.42 Å². The van der Waals surface area contributed by atoms with E-state index in [0.29, 0.717) is 18.7 Å². The van der Waals surface area contributed by atoms with Gasteiger partial charge in [0.1, 0.15) is 0 Å². The number of nitrogens with zero attached hydrogens (tertiary/aromatic N) is 2. The van der Waals surface area contributed by atoms with Crippen LogP contribution in [0.3, 0.4) is 0 Å². The van der Waals surface area contributed by atoms with E-state index < -0.39 is 10.0 Å². The van der Waals surface area contributed by atoms with Crippen LogP contribution in [-0.4, -0.2) is 40.2 Å². The summed E-state index contributed by atoms with van der Waals surface area (Å²) in [5.41, 5.74) is 4.97. The lowest BCUT2D eigenvalue weighted by atomic mass is 9.99. The van der Waals surface area contributed by atoms with E-state index in [2.05, 4.69) is 41.4 Å². The summed E-state index contributed by atoms with van der Waals surface area (Å²) in [4.78, 5) is 14.8. The van der Waals surface area contributed by atoms with Gasteiger partial charge >= 0.3 is 0 Å². The Hall–Kier alpha value is -2.54. The molecule has 0 unspecified atom stereocenters. The average Bonchev–Trinajstić information content (AvgIpc) is 2.74. The normalized spacial score (nSPS) is 16.5. The van der Waals surface area contributed by atoms with Crippen molar-refractivity contribution in [2.75, 3.05) is 35.1 Å². The second kappa shape index (κ2) is 11.1. The van der Waals surface area contributed by atoms with Crippen LogP contribution < -0.4 is 14.5 Å². The van der Waals surface area contributed by atoms with E-state index in [1.807, 2.05) is 32.0 Å². The van der Waals surface area contributed by atoms with Crippen LogP contribution in [0.2, 0.25) is 0 Å². The summed E-state index contributed by atoms with van der Waals surface area (Å²) in [7, 11) is -3.42. The van der Waals surface area contributed by atoms with Crippen LogP contribution in [0.4, 0.5) is 11.4 Å². The minimum absolute atomic E-state index is 0.0715. The molecule has 1 atom stereocenters. The lowest BCUT2D eigenvalue weighted by Gasteiger charge is -2.32. The molecule has 0 bridgehead atoms. The molecule has 180 valence electrons. The zero-order chi connectivity index (χ0) is 24.0. The molecule has 0 saturated carbocycles. The second-order valence-electron chi connectivity index (χ2n) is 9.42. The highest BCUT2D eigenvalue weighted by Crippen LogP contribution is 2.24. The van der Waals surface area contributed by atoms with E-state index in [1.54, 1.807) is 0 Å². The molecule has 0 radical (unpaired) electrons. The molecule has 2 aromatic rings. The molecular weight excluding hydrogens is 434 g/mol. The molecule has 7 heteroatoms. The number of rotatable bonds is 9. The smallest absolute Gasteiger partial charge is 0.232 e. The fourth-order valence-corrected chi connectivity index (χ4v) is 5.45. The van der Waals surface area contributed by atoms with Crippen LogP contribution in [0, 0.1) is 19.8 Å². The average molecular weight is 472 g/mol. The van der Waals surface area contributed by atoms with Crippen molar-refractivity contribution < 1.29 is 13.2 Å². The predicted molar refractivity (Wildman–Crippen MR) is 136 cm³/mol. The minimum Gasteiger partial charge on any atom is -0.371 e. The number of benzene rings is 2. The first-order valence-electron chi connectivity index (χ1n) is 11.8.